The number of ether oxygens (including phenoxy) is 6. The highest BCUT2D eigenvalue weighted by Gasteiger charge is 2.53. The van der Waals surface area contributed by atoms with E-state index in [0.29, 0.717) is 12.8 Å². The molecule has 3 saturated heterocycles. The predicted molar refractivity (Wildman–Crippen MR) is 300 cm³/mol. The molecule has 3 heterocycles. The Morgan fingerprint density at radius 1 is 0.456 bits per heavy atom. The SMILES string of the molecule is CCCCC/C=C\C/C=C\C/C=C\CCCCCCCCC(=O)NC(COC1OC(CO)C(OC2OC(CO)C(OC3OC(CO)C(O)C(O)C3O)C(O)C2O)C(O)C1O)C(O)/C=C/CC/C=C/CC/C=C/CCCCCCC. The Labute approximate surface area is 470 Å². The number of allylic oxidation sites excluding steroid dienone is 11. The van der Waals surface area contributed by atoms with E-state index in [1.54, 1.807) is 6.08 Å². The quantitative estimate of drug-likeness (QED) is 0.0282. The lowest BCUT2D eigenvalue weighted by Gasteiger charge is -2.48. The number of hydrogen-bond acceptors (Lipinski definition) is 18. The lowest BCUT2D eigenvalue weighted by atomic mass is 9.96. The maximum absolute atomic E-state index is 13.3. The van der Waals surface area contributed by atoms with Crippen molar-refractivity contribution < 1.29 is 89.4 Å². The van der Waals surface area contributed by atoms with E-state index in [2.05, 4.69) is 79.9 Å². The molecule has 0 aliphatic carbocycles. The second kappa shape index (κ2) is 43.0. The zero-order valence-corrected chi connectivity index (χ0v) is 47.3. The molecule has 1 amide bonds. The summed E-state index contributed by atoms with van der Waals surface area (Å²) in [5.41, 5.74) is 0. The van der Waals surface area contributed by atoms with Crippen molar-refractivity contribution in [3.05, 3.63) is 72.9 Å². The van der Waals surface area contributed by atoms with Crippen molar-refractivity contribution in [2.24, 2.45) is 0 Å². The van der Waals surface area contributed by atoms with Gasteiger partial charge in [0.05, 0.1) is 38.6 Å². The van der Waals surface area contributed by atoms with Gasteiger partial charge in [-0.25, -0.2) is 0 Å². The number of nitrogens with one attached hydrogen (secondary N) is 1. The van der Waals surface area contributed by atoms with Crippen molar-refractivity contribution in [1.29, 1.82) is 0 Å². The van der Waals surface area contributed by atoms with Gasteiger partial charge in [0.25, 0.3) is 0 Å². The van der Waals surface area contributed by atoms with Crippen LogP contribution in [0.2, 0.25) is 0 Å². The van der Waals surface area contributed by atoms with Crippen LogP contribution in [0.1, 0.15) is 168 Å². The fraction of sp³-hybridized carbons (Fsp3) is 0.783. The van der Waals surface area contributed by atoms with Crippen molar-refractivity contribution >= 4 is 5.91 Å². The second-order valence-electron chi connectivity index (χ2n) is 21.1. The molecule has 0 spiro atoms. The highest BCUT2D eigenvalue weighted by Crippen LogP contribution is 2.33. The number of unbranched alkanes of at least 4 members (excludes halogenated alkanes) is 16. The summed E-state index contributed by atoms with van der Waals surface area (Å²) in [6, 6.07) is -1.01. The summed E-state index contributed by atoms with van der Waals surface area (Å²) in [5.74, 6) is -0.307. The van der Waals surface area contributed by atoms with E-state index in [9.17, 15) is 61.0 Å². The molecule has 3 rings (SSSR count). The van der Waals surface area contributed by atoms with Crippen LogP contribution in [0.4, 0.5) is 0 Å². The first-order chi connectivity index (χ1) is 38.3. The smallest absolute Gasteiger partial charge is 0.220 e. The van der Waals surface area contributed by atoms with Crippen LogP contribution in [0.5, 0.6) is 0 Å². The van der Waals surface area contributed by atoms with Crippen LogP contribution in [0.3, 0.4) is 0 Å². The molecule has 3 aliphatic rings. The number of amides is 1. The molecule has 0 aromatic carbocycles. The minimum absolute atomic E-state index is 0.213. The lowest BCUT2D eigenvalue weighted by molar-refractivity contribution is -0.379. The van der Waals surface area contributed by atoms with Crippen LogP contribution in [0, 0.1) is 0 Å². The third kappa shape index (κ3) is 27.0. The minimum Gasteiger partial charge on any atom is -0.394 e. The van der Waals surface area contributed by atoms with Crippen LogP contribution >= 0.6 is 0 Å². The molecular weight excluding hydrogens is 1020 g/mol. The molecule has 0 aromatic heterocycles. The minimum atomic E-state index is -1.99. The number of carbonyl (C=O) groups excluding carboxylic acids is 1. The highest BCUT2D eigenvalue weighted by atomic mass is 16.8. The number of aliphatic hydroxyl groups is 11. The number of rotatable bonds is 42. The topological polar surface area (TPSA) is 307 Å². The largest absolute Gasteiger partial charge is 0.394 e. The molecule has 79 heavy (non-hydrogen) atoms. The monoisotopic (exact) mass is 1130 g/mol. The molecule has 3 aliphatic heterocycles. The normalized spacial score (nSPS) is 30.8. The van der Waals surface area contributed by atoms with Crippen molar-refractivity contribution in [3.8, 4) is 0 Å². The van der Waals surface area contributed by atoms with Crippen LogP contribution in [0.15, 0.2) is 72.9 Å². The third-order valence-corrected chi connectivity index (χ3v) is 14.5. The van der Waals surface area contributed by atoms with E-state index < -0.39 is 124 Å². The van der Waals surface area contributed by atoms with E-state index in [0.717, 1.165) is 83.5 Å². The summed E-state index contributed by atoms with van der Waals surface area (Å²) >= 11 is 0. The van der Waals surface area contributed by atoms with Crippen LogP contribution in [0.25, 0.3) is 0 Å². The first-order valence-corrected chi connectivity index (χ1v) is 29.7. The van der Waals surface area contributed by atoms with Gasteiger partial charge in [-0.3, -0.25) is 4.79 Å². The van der Waals surface area contributed by atoms with Crippen molar-refractivity contribution in [2.75, 3.05) is 26.4 Å². The van der Waals surface area contributed by atoms with Crippen molar-refractivity contribution in [2.45, 2.75) is 272 Å². The Bertz CT molecular complexity index is 1730. The van der Waals surface area contributed by atoms with Gasteiger partial charge < -0.3 is 89.9 Å². The van der Waals surface area contributed by atoms with Crippen LogP contribution < -0.4 is 5.32 Å². The first-order valence-electron chi connectivity index (χ1n) is 29.7. The Morgan fingerprint density at radius 2 is 0.848 bits per heavy atom. The predicted octanol–water partition coefficient (Wildman–Crippen LogP) is 5.04. The second-order valence-corrected chi connectivity index (χ2v) is 21.1. The average molecular weight is 1130 g/mol. The van der Waals surface area contributed by atoms with Gasteiger partial charge in [0.2, 0.25) is 5.91 Å². The standard InChI is InChI=1S/C60H103NO18/c1-3-5-7-9-11-13-15-17-19-20-21-22-24-26-28-30-32-34-36-38-48(66)61-43(44(65)37-35-33-31-29-27-25-23-18-16-14-12-10-8-6-4-2)42-74-58-54(72)51(69)56(46(40-63)76-58)79-60-55(73)52(70)57(47(41-64)77-60)78-59-53(71)50(68)49(67)45(39-62)75-59/h11,13,16-19,21-22,27,29,35,37,43-47,49-60,62-65,67-73H,3-10,12,14-15,20,23-26,28,30-34,36,38-42H2,1-2H3,(H,61,66)/b13-11-,18-16+,19-17-,22-21-,29-27+,37-35+. The summed E-state index contributed by atoms with van der Waals surface area (Å²) < 4.78 is 34.2. The molecule has 0 saturated carbocycles. The van der Waals surface area contributed by atoms with Gasteiger partial charge in [0.15, 0.2) is 18.9 Å². The Kier molecular flexibility index (Phi) is 38.3. The maximum Gasteiger partial charge on any atom is 0.220 e. The summed E-state index contributed by atoms with van der Waals surface area (Å²) in [5, 5.41) is 120. The van der Waals surface area contributed by atoms with Gasteiger partial charge in [0.1, 0.15) is 73.2 Å². The Balaban J connectivity index is 1.53. The molecule has 3 fully saturated rings. The van der Waals surface area contributed by atoms with Gasteiger partial charge in [-0.1, -0.05) is 151 Å². The average Bonchev–Trinajstić information content (AvgIpc) is 3.47. The maximum atomic E-state index is 13.3. The zero-order valence-electron chi connectivity index (χ0n) is 47.3. The summed E-state index contributed by atoms with van der Waals surface area (Å²) in [7, 11) is 0. The van der Waals surface area contributed by atoms with Gasteiger partial charge >= 0.3 is 0 Å². The molecule has 0 aromatic rings. The van der Waals surface area contributed by atoms with Gasteiger partial charge in [-0.05, 0) is 83.5 Å². The molecule has 0 bridgehead atoms. The molecule has 456 valence electrons. The first kappa shape index (κ1) is 70.5. The molecule has 12 N–H and O–H groups in total. The molecule has 0 radical (unpaired) electrons. The van der Waals surface area contributed by atoms with Crippen LogP contribution in [-0.2, 0) is 33.2 Å². The number of hydrogen-bond donors (Lipinski definition) is 12. The van der Waals surface area contributed by atoms with E-state index in [1.165, 1.54) is 51.4 Å². The Hall–Kier alpha value is -2.77. The van der Waals surface area contributed by atoms with Crippen molar-refractivity contribution in [1.82, 2.24) is 5.32 Å². The molecule has 17 atom stereocenters. The van der Waals surface area contributed by atoms with Gasteiger partial charge in [-0.15, -0.1) is 0 Å². The molecule has 17 unspecified atom stereocenters. The van der Waals surface area contributed by atoms with Gasteiger partial charge in [0, 0.05) is 6.42 Å². The molecular formula is C60H103NO18. The molecule has 19 heteroatoms. The summed E-state index contributed by atoms with van der Waals surface area (Å²) in [6.45, 7) is 1.61. The summed E-state index contributed by atoms with van der Waals surface area (Å²) in [6.07, 6.45) is 23.1. The molecule has 19 nitrogen and oxygen atoms in total. The van der Waals surface area contributed by atoms with Crippen molar-refractivity contribution in [3.63, 3.8) is 0 Å². The number of carbonyl (C=O) groups is 1. The van der Waals surface area contributed by atoms with E-state index in [4.69, 9.17) is 28.4 Å². The third-order valence-electron chi connectivity index (χ3n) is 14.5. The number of aliphatic hydroxyl groups excluding tert-OH is 11. The van der Waals surface area contributed by atoms with Crippen LogP contribution in [-0.4, -0.2) is 193 Å². The zero-order chi connectivity index (χ0) is 57.6. The highest BCUT2D eigenvalue weighted by molar-refractivity contribution is 5.76. The lowest BCUT2D eigenvalue weighted by Crippen LogP contribution is -2.66. The van der Waals surface area contributed by atoms with E-state index >= 15 is 0 Å². The fourth-order valence-electron chi connectivity index (χ4n) is 9.52. The van der Waals surface area contributed by atoms with E-state index in [-0.39, 0.29) is 18.9 Å². The van der Waals surface area contributed by atoms with Gasteiger partial charge in [-0.2, -0.15) is 0 Å². The summed E-state index contributed by atoms with van der Waals surface area (Å²) in [4.78, 5) is 13.3. The Morgan fingerprint density at radius 3 is 1.38 bits per heavy atom. The van der Waals surface area contributed by atoms with E-state index in [1.807, 2.05) is 6.08 Å². The fourth-order valence-corrected chi connectivity index (χ4v) is 9.52.